The molecule has 4 aromatic rings. The van der Waals surface area contributed by atoms with Crippen LogP contribution in [0.2, 0.25) is 0 Å². The first-order valence-corrected chi connectivity index (χ1v) is 10.9. The average molecular weight is 417 g/mol. The Labute approximate surface area is 189 Å². The molecule has 4 aromatic carbocycles. The molecule has 0 unspecified atom stereocenters. The third kappa shape index (κ3) is 4.33. The third-order valence-corrected chi connectivity index (χ3v) is 5.36. The molecule has 3 nitrogen and oxygen atoms in total. The van der Waals surface area contributed by atoms with Crippen LogP contribution in [-0.4, -0.2) is 12.8 Å². The lowest BCUT2D eigenvalue weighted by Crippen LogP contribution is -2.15. The Balaban J connectivity index is 1.28. The Morgan fingerprint density at radius 3 is 1.97 bits per heavy atom. The SMILES string of the molecule is C(=NCC/C=C/c1ccc(N2c3ccccc3Oc3ccccc32)cc1)c1ccccc1. The maximum absolute atomic E-state index is 6.10. The van der Waals surface area contributed by atoms with Gasteiger partial charge < -0.3 is 9.64 Å². The Bertz CT molecular complexity index is 1200. The van der Waals surface area contributed by atoms with E-state index in [2.05, 4.69) is 70.6 Å². The van der Waals surface area contributed by atoms with E-state index >= 15 is 0 Å². The largest absolute Gasteiger partial charge is 0.453 e. The topological polar surface area (TPSA) is 24.8 Å². The molecule has 0 aromatic heterocycles. The highest BCUT2D eigenvalue weighted by Crippen LogP contribution is 2.49. The van der Waals surface area contributed by atoms with Gasteiger partial charge in [-0.2, -0.15) is 0 Å². The molecular weight excluding hydrogens is 392 g/mol. The van der Waals surface area contributed by atoms with Gasteiger partial charge in [-0.25, -0.2) is 0 Å². The van der Waals surface area contributed by atoms with E-state index in [0.717, 1.165) is 47.1 Å². The number of benzene rings is 4. The normalized spacial score (nSPS) is 12.6. The zero-order valence-electron chi connectivity index (χ0n) is 17.8. The van der Waals surface area contributed by atoms with Gasteiger partial charge in [-0.1, -0.05) is 78.9 Å². The van der Waals surface area contributed by atoms with Gasteiger partial charge in [0, 0.05) is 18.4 Å². The number of hydrogen-bond acceptors (Lipinski definition) is 3. The van der Waals surface area contributed by atoms with Gasteiger partial charge in [-0.15, -0.1) is 0 Å². The molecule has 0 amide bonds. The summed E-state index contributed by atoms with van der Waals surface area (Å²) in [7, 11) is 0. The summed E-state index contributed by atoms with van der Waals surface area (Å²) in [5, 5.41) is 0. The Morgan fingerprint density at radius 1 is 0.656 bits per heavy atom. The van der Waals surface area contributed by atoms with Crippen LogP contribution in [0, 0.1) is 0 Å². The molecule has 0 aliphatic carbocycles. The van der Waals surface area contributed by atoms with Crippen molar-refractivity contribution in [2.45, 2.75) is 6.42 Å². The summed E-state index contributed by atoms with van der Waals surface area (Å²) in [6.07, 6.45) is 7.18. The predicted molar refractivity (Wildman–Crippen MR) is 134 cm³/mol. The van der Waals surface area contributed by atoms with E-state index in [9.17, 15) is 0 Å². The molecular formula is C29H24N2O. The molecule has 0 spiro atoms. The quantitative estimate of drug-likeness (QED) is 0.208. The first kappa shape index (κ1) is 19.8. The molecule has 3 heteroatoms. The predicted octanol–water partition coefficient (Wildman–Crippen LogP) is 7.78. The molecule has 32 heavy (non-hydrogen) atoms. The zero-order valence-corrected chi connectivity index (χ0v) is 17.8. The van der Waals surface area contributed by atoms with E-state index < -0.39 is 0 Å². The smallest absolute Gasteiger partial charge is 0.151 e. The average Bonchev–Trinajstić information content (AvgIpc) is 2.86. The van der Waals surface area contributed by atoms with Crippen LogP contribution in [-0.2, 0) is 0 Å². The highest BCUT2D eigenvalue weighted by Gasteiger charge is 2.24. The molecule has 156 valence electrons. The Hall–Kier alpha value is -4.11. The number of hydrogen-bond donors (Lipinski definition) is 0. The second kappa shape index (κ2) is 9.36. The van der Waals surface area contributed by atoms with Crippen molar-refractivity contribution >= 4 is 29.4 Å². The molecule has 5 rings (SSSR count). The molecule has 0 saturated carbocycles. The van der Waals surface area contributed by atoms with E-state index in [1.807, 2.05) is 60.8 Å². The van der Waals surface area contributed by atoms with E-state index in [1.54, 1.807) is 0 Å². The molecule has 0 saturated heterocycles. The first-order valence-electron chi connectivity index (χ1n) is 10.9. The number of anilines is 3. The van der Waals surface area contributed by atoms with Crippen LogP contribution in [0.3, 0.4) is 0 Å². The summed E-state index contributed by atoms with van der Waals surface area (Å²) < 4.78 is 6.10. The fraction of sp³-hybridized carbons (Fsp3) is 0.0690. The van der Waals surface area contributed by atoms with Gasteiger partial charge in [0.05, 0.1) is 11.4 Å². The minimum absolute atomic E-state index is 0.783. The van der Waals surface area contributed by atoms with Crippen LogP contribution in [0.4, 0.5) is 17.1 Å². The number of ether oxygens (including phenoxy) is 1. The maximum Gasteiger partial charge on any atom is 0.151 e. The molecule has 0 atom stereocenters. The molecule has 0 fully saturated rings. The van der Waals surface area contributed by atoms with E-state index in [0.29, 0.717) is 0 Å². The summed E-state index contributed by atoms with van der Waals surface area (Å²) >= 11 is 0. The lowest BCUT2D eigenvalue weighted by Gasteiger charge is -2.32. The second-order valence-corrected chi connectivity index (χ2v) is 7.60. The third-order valence-electron chi connectivity index (χ3n) is 5.36. The van der Waals surface area contributed by atoms with Crippen molar-refractivity contribution in [2.75, 3.05) is 11.4 Å². The standard InChI is InChI=1S/C29H24N2O/c1-2-11-24(12-3-1)22-30-21-9-8-10-23-17-19-25(20-18-23)31-26-13-4-6-15-28(26)32-29-16-7-5-14-27(29)31/h1-8,10-20,22H,9,21H2/b10-8+,30-22?. The summed E-state index contributed by atoms with van der Waals surface area (Å²) in [5.74, 6) is 1.73. The second-order valence-electron chi connectivity index (χ2n) is 7.60. The first-order chi connectivity index (χ1) is 15.9. The van der Waals surface area contributed by atoms with Crippen LogP contribution in [0.1, 0.15) is 17.5 Å². The summed E-state index contributed by atoms with van der Waals surface area (Å²) in [6, 6.07) is 35.1. The maximum atomic E-state index is 6.10. The highest BCUT2D eigenvalue weighted by atomic mass is 16.5. The fourth-order valence-corrected chi connectivity index (χ4v) is 3.79. The number of fused-ring (bicyclic) bond motifs is 2. The Morgan fingerprint density at radius 2 is 1.28 bits per heavy atom. The lowest BCUT2D eigenvalue weighted by atomic mass is 10.1. The van der Waals surface area contributed by atoms with Crippen LogP contribution in [0.25, 0.3) is 6.08 Å². The molecule has 1 heterocycles. The van der Waals surface area contributed by atoms with Gasteiger partial charge in [-0.3, -0.25) is 4.99 Å². The minimum atomic E-state index is 0.783. The fourth-order valence-electron chi connectivity index (χ4n) is 3.79. The van der Waals surface area contributed by atoms with Crippen LogP contribution in [0.5, 0.6) is 11.5 Å². The molecule has 0 N–H and O–H groups in total. The van der Waals surface area contributed by atoms with Gasteiger partial charge in [0.2, 0.25) is 0 Å². The van der Waals surface area contributed by atoms with Crippen molar-refractivity contribution in [3.05, 3.63) is 120 Å². The number of aliphatic imine (C=N–C) groups is 1. The summed E-state index contributed by atoms with van der Waals surface area (Å²) in [6.45, 7) is 0.783. The summed E-state index contributed by atoms with van der Waals surface area (Å²) in [4.78, 5) is 6.75. The van der Waals surface area contributed by atoms with Crippen molar-refractivity contribution in [1.29, 1.82) is 0 Å². The van der Waals surface area contributed by atoms with E-state index in [1.165, 1.54) is 5.56 Å². The molecule has 0 radical (unpaired) electrons. The number of para-hydroxylation sites is 4. The number of nitrogens with zero attached hydrogens (tertiary/aromatic N) is 2. The van der Waals surface area contributed by atoms with E-state index in [4.69, 9.17) is 4.74 Å². The van der Waals surface area contributed by atoms with Gasteiger partial charge in [-0.05, 0) is 53.9 Å². The van der Waals surface area contributed by atoms with Crippen molar-refractivity contribution < 1.29 is 4.74 Å². The van der Waals surface area contributed by atoms with E-state index in [-0.39, 0.29) is 0 Å². The zero-order chi connectivity index (χ0) is 21.6. The molecule has 1 aliphatic rings. The van der Waals surface area contributed by atoms with Crippen molar-refractivity contribution in [2.24, 2.45) is 4.99 Å². The summed E-state index contributed by atoms with van der Waals surface area (Å²) in [5.41, 5.74) is 5.52. The van der Waals surface area contributed by atoms with Crippen LogP contribution >= 0.6 is 0 Å². The lowest BCUT2D eigenvalue weighted by molar-refractivity contribution is 0.477. The minimum Gasteiger partial charge on any atom is -0.453 e. The Kier molecular flexibility index (Phi) is 5.80. The van der Waals surface area contributed by atoms with Crippen molar-refractivity contribution in [3.63, 3.8) is 0 Å². The van der Waals surface area contributed by atoms with Gasteiger partial charge >= 0.3 is 0 Å². The molecule has 0 bridgehead atoms. The van der Waals surface area contributed by atoms with Gasteiger partial charge in [0.25, 0.3) is 0 Å². The number of rotatable bonds is 6. The van der Waals surface area contributed by atoms with Crippen molar-refractivity contribution in [1.82, 2.24) is 0 Å². The van der Waals surface area contributed by atoms with Crippen molar-refractivity contribution in [3.8, 4) is 11.5 Å². The van der Waals surface area contributed by atoms with Gasteiger partial charge in [0.1, 0.15) is 0 Å². The van der Waals surface area contributed by atoms with Crippen LogP contribution < -0.4 is 9.64 Å². The highest BCUT2D eigenvalue weighted by molar-refractivity contribution is 5.86. The molecule has 1 aliphatic heterocycles. The monoisotopic (exact) mass is 416 g/mol. The van der Waals surface area contributed by atoms with Gasteiger partial charge in [0.15, 0.2) is 11.5 Å². The van der Waals surface area contributed by atoms with Crippen LogP contribution in [0.15, 0.2) is 114 Å².